The third-order valence-electron chi connectivity index (χ3n) is 5.01. The second kappa shape index (κ2) is 8.31. The molecule has 2 saturated carbocycles. The third kappa shape index (κ3) is 3.73. The van der Waals surface area contributed by atoms with Crippen LogP contribution in [0.15, 0.2) is 65.4 Å². The minimum Gasteiger partial charge on any atom is -0.282 e. The number of aromatic nitrogens is 1. The van der Waals surface area contributed by atoms with Crippen molar-refractivity contribution in [1.29, 1.82) is 0 Å². The Morgan fingerprint density at radius 2 is 1.55 bits per heavy atom. The molecule has 2 fully saturated rings. The normalized spacial score (nSPS) is 23.3. The van der Waals surface area contributed by atoms with Crippen LogP contribution in [-0.2, 0) is 0 Å². The molecular formula is C25H18ClN3. The van der Waals surface area contributed by atoms with Crippen molar-refractivity contribution in [1.82, 2.24) is 4.98 Å². The van der Waals surface area contributed by atoms with Gasteiger partial charge in [-0.25, -0.2) is 4.98 Å². The lowest BCUT2D eigenvalue weighted by Crippen LogP contribution is -2.39. The van der Waals surface area contributed by atoms with Gasteiger partial charge >= 0.3 is 0 Å². The van der Waals surface area contributed by atoms with E-state index < -0.39 is 0 Å². The lowest BCUT2D eigenvalue weighted by atomic mass is 9.91. The molecule has 4 heteroatoms. The number of amidine groups is 1. The predicted molar refractivity (Wildman–Crippen MR) is 117 cm³/mol. The molecule has 0 N–H and O–H groups in total. The van der Waals surface area contributed by atoms with Crippen LogP contribution < -0.4 is 4.90 Å². The molecule has 0 amide bonds. The lowest BCUT2D eigenvalue weighted by Gasteiger charge is -2.36. The van der Waals surface area contributed by atoms with Crippen LogP contribution in [0, 0.1) is 63.2 Å². The Hall–Kier alpha value is -2.13. The first kappa shape index (κ1) is 18.9. The molecule has 2 aromatic rings. The molecule has 5 rings (SSSR count). The Bertz CT molecular complexity index is 909. The zero-order chi connectivity index (χ0) is 19.6. The maximum absolute atomic E-state index is 6.61. The van der Waals surface area contributed by atoms with Crippen LogP contribution in [0.3, 0.4) is 0 Å². The average molecular weight is 396 g/mol. The Kier molecular flexibility index (Phi) is 5.41. The van der Waals surface area contributed by atoms with Crippen LogP contribution in [-0.4, -0.2) is 16.9 Å². The van der Waals surface area contributed by atoms with Gasteiger partial charge in [-0.1, -0.05) is 29.8 Å². The fraction of sp³-hybridized carbons (Fsp3) is 0.0400. The molecule has 1 atom stereocenters. The summed E-state index contributed by atoms with van der Waals surface area (Å²) in [4.78, 5) is 11.8. The first-order valence-corrected chi connectivity index (χ1v) is 9.88. The molecule has 3 aliphatic rings. The van der Waals surface area contributed by atoms with Gasteiger partial charge in [0.1, 0.15) is 11.7 Å². The van der Waals surface area contributed by atoms with Gasteiger partial charge in [-0.2, -0.15) is 0 Å². The monoisotopic (exact) mass is 395 g/mol. The highest BCUT2D eigenvalue weighted by Gasteiger charge is 2.37. The second-order valence-electron chi connectivity index (χ2n) is 6.84. The van der Waals surface area contributed by atoms with Crippen LogP contribution in [0.25, 0.3) is 0 Å². The Labute approximate surface area is 178 Å². The summed E-state index contributed by atoms with van der Waals surface area (Å²) in [7, 11) is 0. The molecule has 29 heavy (non-hydrogen) atoms. The van der Waals surface area contributed by atoms with E-state index in [9.17, 15) is 0 Å². The molecule has 0 bridgehead atoms. The number of benzene rings is 1. The van der Waals surface area contributed by atoms with Crippen molar-refractivity contribution in [3.63, 3.8) is 0 Å². The molecule has 10 radical (unpaired) electrons. The number of nitrogens with zero attached hydrogens (tertiary/aromatic N) is 3. The summed E-state index contributed by atoms with van der Waals surface area (Å²) in [6, 6.07) is 13.6. The molecule has 0 saturated heterocycles. The van der Waals surface area contributed by atoms with E-state index in [1.165, 1.54) is 0 Å². The van der Waals surface area contributed by atoms with E-state index in [0.717, 1.165) is 34.7 Å². The first-order valence-electron chi connectivity index (χ1n) is 9.50. The fourth-order valence-electron chi connectivity index (χ4n) is 3.64. The Morgan fingerprint density at radius 3 is 2.28 bits per heavy atom. The van der Waals surface area contributed by atoms with Crippen LogP contribution in [0.5, 0.6) is 0 Å². The van der Waals surface area contributed by atoms with Gasteiger partial charge in [0.05, 0.1) is 11.1 Å². The topological polar surface area (TPSA) is 28.5 Å². The fourth-order valence-corrected chi connectivity index (χ4v) is 3.86. The van der Waals surface area contributed by atoms with Crippen LogP contribution >= 0.6 is 11.6 Å². The first-order chi connectivity index (χ1) is 14.3. The highest BCUT2D eigenvalue weighted by Crippen LogP contribution is 2.41. The van der Waals surface area contributed by atoms with Gasteiger partial charge < -0.3 is 0 Å². The van der Waals surface area contributed by atoms with Crippen molar-refractivity contribution in [3.8, 4) is 0 Å². The molecule has 2 aliphatic carbocycles. The van der Waals surface area contributed by atoms with Crippen molar-refractivity contribution < 1.29 is 0 Å². The van der Waals surface area contributed by atoms with Gasteiger partial charge in [-0.3, -0.25) is 9.89 Å². The molecule has 1 aromatic carbocycles. The molecule has 2 heterocycles. The van der Waals surface area contributed by atoms with E-state index in [-0.39, 0.29) is 6.04 Å². The van der Waals surface area contributed by atoms with Gasteiger partial charge in [-0.15, -0.1) is 0 Å². The summed E-state index contributed by atoms with van der Waals surface area (Å²) in [5, 5.41) is 0.664. The summed E-state index contributed by atoms with van der Waals surface area (Å²) in [6.07, 6.45) is 20.6. The highest BCUT2D eigenvalue weighted by atomic mass is 35.5. The van der Waals surface area contributed by atoms with Gasteiger partial charge in [0, 0.05) is 29.3 Å². The smallest absolute Gasteiger partial charge is 0.143 e. The van der Waals surface area contributed by atoms with Crippen LogP contribution in [0.2, 0.25) is 5.02 Å². The molecule has 0 spiro atoms. The number of aliphatic imine (C=N–C) groups is 1. The third-order valence-corrected chi connectivity index (χ3v) is 5.34. The molecular weight excluding hydrogens is 378 g/mol. The number of halogens is 1. The van der Waals surface area contributed by atoms with E-state index in [1.54, 1.807) is 6.20 Å². The second-order valence-corrected chi connectivity index (χ2v) is 7.25. The number of pyridine rings is 1. The van der Waals surface area contributed by atoms with E-state index in [2.05, 4.69) is 41.6 Å². The van der Waals surface area contributed by atoms with Crippen molar-refractivity contribution in [2.75, 3.05) is 4.90 Å². The van der Waals surface area contributed by atoms with Gasteiger partial charge in [0.25, 0.3) is 0 Å². The maximum Gasteiger partial charge on any atom is 0.143 e. The van der Waals surface area contributed by atoms with Crippen molar-refractivity contribution in [2.24, 2.45) is 4.99 Å². The summed E-state index contributed by atoms with van der Waals surface area (Å²) >= 11 is 6.61. The molecule has 1 unspecified atom stereocenters. The molecule has 3 nitrogen and oxygen atoms in total. The van der Waals surface area contributed by atoms with Gasteiger partial charge in [0.15, 0.2) is 0 Å². The Morgan fingerprint density at radius 1 is 0.828 bits per heavy atom. The van der Waals surface area contributed by atoms with Gasteiger partial charge in [0.2, 0.25) is 0 Å². The van der Waals surface area contributed by atoms with E-state index in [1.807, 2.05) is 68.1 Å². The maximum atomic E-state index is 6.61. The van der Waals surface area contributed by atoms with E-state index >= 15 is 0 Å². The number of hydrogen-bond donors (Lipinski definition) is 0. The highest BCUT2D eigenvalue weighted by molar-refractivity contribution is 6.35. The average Bonchev–Trinajstić information content (AvgIpc) is 3.48. The number of anilines is 1. The number of rotatable bonds is 4. The quantitative estimate of drug-likeness (QED) is 0.723. The predicted octanol–water partition coefficient (Wildman–Crippen LogP) is 5.06. The van der Waals surface area contributed by atoms with Crippen molar-refractivity contribution >= 4 is 23.3 Å². The molecule has 140 valence electrons. The lowest BCUT2D eigenvalue weighted by molar-refractivity contribution is 0.837. The van der Waals surface area contributed by atoms with Crippen molar-refractivity contribution in [3.05, 3.63) is 134 Å². The zero-order valence-electron chi connectivity index (χ0n) is 15.6. The number of allylic oxidation sites excluding steroid dienone is 1. The van der Waals surface area contributed by atoms with Crippen LogP contribution in [0.1, 0.15) is 5.56 Å². The molecule has 1 aromatic heterocycles. The van der Waals surface area contributed by atoms with Crippen LogP contribution in [0.4, 0.5) is 5.82 Å². The largest absolute Gasteiger partial charge is 0.282 e. The van der Waals surface area contributed by atoms with E-state index in [4.69, 9.17) is 16.6 Å². The minimum atomic E-state index is -0.0962. The Balaban J connectivity index is 1.65. The van der Waals surface area contributed by atoms with E-state index in [0.29, 0.717) is 5.02 Å². The minimum absolute atomic E-state index is 0.0962. The molecule has 1 aliphatic heterocycles. The standard InChI is InChI=1S/C25H18ClN3/c26-21-14-6-5-13-20(21)25-28-22(18-9-1-2-10-18)17-23(19-11-3-4-12-19)29(25)24-15-7-8-16-27-24/h1-17,22H. The van der Waals surface area contributed by atoms with Gasteiger partial charge in [-0.05, 0) is 81.7 Å². The summed E-state index contributed by atoms with van der Waals surface area (Å²) in [5.74, 6) is 3.87. The summed E-state index contributed by atoms with van der Waals surface area (Å²) in [5.41, 5.74) is 1.93. The zero-order valence-corrected chi connectivity index (χ0v) is 16.4. The summed E-state index contributed by atoms with van der Waals surface area (Å²) < 4.78 is 0. The van der Waals surface area contributed by atoms with Crippen molar-refractivity contribution in [2.45, 2.75) is 6.04 Å². The SMILES string of the molecule is Clc1ccccc1C1=NC([C]2[CH][CH][CH][CH]2)C=C([C]2[CH][CH][CH][CH]2)N1c1ccccn1. The summed E-state index contributed by atoms with van der Waals surface area (Å²) in [6.45, 7) is 0. The number of hydrogen-bond acceptors (Lipinski definition) is 3.